The van der Waals surface area contributed by atoms with Crippen molar-refractivity contribution in [3.05, 3.63) is 50.1 Å². The van der Waals surface area contributed by atoms with Crippen LogP contribution in [0.2, 0.25) is 4.34 Å². The van der Waals surface area contributed by atoms with Crippen LogP contribution < -0.4 is 4.72 Å². The molecular weight excluding hydrogens is 398 g/mol. The average molecular weight is 411 g/mol. The van der Waals surface area contributed by atoms with Crippen molar-refractivity contribution in [2.45, 2.75) is 11.0 Å². The SMILES string of the molecule is CO[C@H](CNS(=O)(=O)c1ccccc1Br)c1ccc(Cl)s1. The lowest BCUT2D eigenvalue weighted by Crippen LogP contribution is -2.29. The number of thiophene rings is 1. The molecule has 1 aromatic heterocycles. The van der Waals surface area contributed by atoms with E-state index in [1.54, 1.807) is 24.3 Å². The van der Waals surface area contributed by atoms with Crippen LogP contribution in [-0.4, -0.2) is 22.1 Å². The van der Waals surface area contributed by atoms with E-state index in [9.17, 15) is 8.42 Å². The highest BCUT2D eigenvalue weighted by atomic mass is 79.9. The van der Waals surface area contributed by atoms with E-state index in [0.717, 1.165) is 4.88 Å². The summed E-state index contributed by atoms with van der Waals surface area (Å²) in [6.45, 7) is 0.136. The van der Waals surface area contributed by atoms with Gasteiger partial charge in [0, 0.05) is 23.0 Å². The third kappa shape index (κ3) is 4.28. The van der Waals surface area contributed by atoms with Gasteiger partial charge in [0.2, 0.25) is 10.0 Å². The number of ether oxygens (including phenoxy) is 1. The summed E-state index contributed by atoms with van der Waals surface area (Å²) in [6, 6.07) is 10.2. The minimum Gasteiger partial charge on any atom is -0.375 e. The van der Waals surface area contributed by atoms with Crippen LogP contribution in [0.3, 0.4) is 0 Å². The topological polar surface area (TPSA) is 55.4 Å². The number of sulfonamides is 1. The Kier molecular flexibility index (Phi) is 5.81. The number of benzene rings is 1. The van der Waals surface area contributed by atoms with Gasteiger partial charge in [0.1, 0.15) is 6.10 Å². The van der Waals surface area contributed by atoms with Crippen LogP contribution in [0.25, 0.3) is 0 Å². The summed E-state index contributed by atoms with van der Waals surface area (Å²) in [4.78, 5) is 1.07. The van der Waals surface area contributed by atoms with Crippen molar-refractivity contribution in [3.8, 4) is 0 Å². The Morgan fingerprint density at radius 3 is 2.62 bits per heavy atom. The monoisotopic (exact) mass is 409 g/mol. The van der Waals surface area contributed by atoms with Gasteiger partial charge < -0.3 is 4.74 Å². The molecule has 114 valence electrons. The Morgan fingerprint density at radius 2 is 2.05 bits per heavy atom. The summed E-state index contributed by atoms with van der Waals surface area (Å²) >= 11 is 10.5. The van der Waals surface area contributed by atoms with Crippen molar-refractivity contribution in [1.29, 1.82) is 0 Å². The summed E-state index contributed by atoms with van der Waals surface area (Å²) in [6.07, 6.45) is -0.375. The molecule has 0 aliphatic heterocycles. The second kappa shape index (κ2) is 7.21. The van der Waals surface area contributed by atoms with Crippen LogP contribution >= 0.6 is 38.9 Å². The van der Waals surface area contributed by atoms with Gasteiger partial charge in [-0.05, 0) is 40.2 Å². The molecule has 0 saturated heterocycles. The smallest absolute Gasteiger partial charge is 0.241 e. The number of rotatable bonds is 6. The van der Waals surface area contributed by atoms with Gasteiger partial charge in [-0.1, -0.05) is 23.7 Å². The molecule has 1 aromatic carbocycles. The molecule has 1 atom stereocenters. The molecule has 0 spiro atoms. The zero-order valence-electron chi connectivity index (χ0n) is 11.0. The summed E-state index contributed by atoms with van der Waals surface area (Å²) in [7, 11) is -2.07. The van der Waals surface area contributed by atoms with Crippen LogP contribution in [0.5, 0.6) is 0 Å². The Balaban J connectivity index is 2.12. The van der Waals surface area contributed by atoms with Crippen LogP contribution in [0.15, 0.2) is 45.8 Å². The fourth-order valence-corrected chi connectivity index (χ4v) is 4.90. The zero-order chi connectivity index (χ0) is 15.5. The highest BCUT2D eigenvalue weighted by Gasteiger charge is 2.20. The number of halogens is 2. The highest BCUT2D eigenvalue weighted by Crippen LogP contribution is 2.29. The molecule has 1 heterocycles. The van der Waals surface area contributed by atoms with E-state index >= 15 is 0 Å². The minimum absolute atomic E-state index is 0.136. The maximum absolute atomic E-state index is 12.3. The third-order valence-corrected chi connectivity index (χ3v) is 6.54. The Morgan fingerprint density at radius 1 is 1.33 bits per heavy atom. The zero-order valence-corrected chi connectivity index (χ0v) is 15.0. The quantitative estimate of drug-likeness (QED) is 0.787. The molecule has 0 radical (unpaired) electrons. The third-order valence-electron chi connectivity index (χ3n) is 2.78. The standard InChI is InChI=1S/C13H13BrClNO3S2/c1-19-10(11-6-7-13(15)20-11)8-16-21(17,18)12-5-3-2-4-9(12)14/h2-7,10,16H,8H2,1H3/t10-/m1/s1. The summed E-state index contributed by atoms with van der Waals surface area (Å²) < 4.78 is 33.6. The maximum Gasteiger partial charge on any atom is 0.241 e. The molecule has 0 fully saturated rings. The van der Waals surface area contributed by atoms with E-state index in [-0.39, 0.29) is 17.5 Å². The van der Waals surface area contributed by atoms with Crippen LogP contribution in [0, 0.1) is 0 Å². The molecule has 2 rings (SSSR count). The van der Waals surface area contributed by atoms with Crippen molar-refractivity contribution in [2.24, 2.45) is 0 Å². The second-order valence-corrected chi connectivity index (χ2v) is 8.48. The fourth-order valence-electron chi connectivity index (χ4n) is 1.73. The van der Waals surface area contributed by atoms with Gasteiger partial charge >= 0.3 is 0 Å². The predicted octanol–water partition coefficient (Wildman–Crippen LogP) is 3.83. The molecule has 0 aliphatic carbocycles. The molecule has 8 heteroatoms. The van der Waals surface area contributed by atoms with E-state index < -0.39 is 10.0 Å². The number of methoxy groups -OCH3 is 1. The lowest BCUT2D eigenvalue weighted by molar-refractivity contribution is 0.110. The van der Waals surface area contributed by atoms with Gasteiger partial charge in [0.15, 0.2) is 0 Å². The van der Waals surface area contributed by atoms with Gasteiger partial charge in [-0.3, -0.25) is 0 Å². The number of hydrogen-bond donors (Lipinski definition) is 1. The van der Waals surface area contributed by atoms with Gasteiger partial charge in [0.05, 0.1) is 9.23 Å². The largest absolute Gasteiger partial charge is 0.375 e. The average Bonchev–Trinajstić information content (AvgIpc) is 2.86. The van der Waals surface area contributed by atoms with Gasteiger partial charge in [0.25, 0.3) is 0 Å². The first kappa shape index (κ1) is 16.9. The predicted molar refractivity (Wildman–Crippen MR) is 88.4 cm³/mol. The first-order valence-corrected chi connectivity index (χ1v) is 9.43. The molecule has 0 bridgehead atoms. The van der Waals surface area contributed by atoms with Crippen LogP contribution in [0.1, 0.15) is 11.0 Å². The highest BCUT2D eigenvalue weighted by molar-refractivity contribution is 9.10. The minimum atomic E-state index is -3.60. The fraction of sp³-hybridized carbons (Fsp3) is 0.231. The van der Waals surface area contributed by atoms with Gasteiger partial charge in [-0.2, -0.15) is 0 Å². The van der Waals surface area contributed by atoms with Crippen LogP contribution in [-0.2, 0) is 14.8 Å². The molecule has 4 nitrogen and oxygen atoms in total. The number of hydrogen-bond acceptors (Lipinski definition) is 4. The molecule has 0 saturated carbocycles. The lowest BCUT2D eigenvalue weighted by atomic mass is 10.3. The van der Waals surface area contributed by atoms with E-state index in [0.29, 0.717) is 8.81 Å². The van der Waals surface area contributed by atoms with Crippen molar-refractivity contribution < 1.29 is 13.2 Å². The Labute approximate surface area is 141 Å². The lowest BCUT2D eigenvalue weighted by Gasteiger charge is -2.15. The van der Waals surface area contributed by atoms with Crippen molar-refractivity contribution in [2.75, 3.05) is 13.7 Å². The molecular formula is C13H13BrClNO3S2. The van der Waals surface area contributed by atoms with E-state index in [2.05, 4.69) is 20.7 Å². The van der Waals surface area contributed by atoms with Gasteiger partial charge in [-0.25, -0.2) is 13.1 Å². The number of nitrogens with one attached hydrogen (secondary N) is 1. The summed E-state index contributed by atoms with van der Waals surface area (Å²) in [5.74, 6) is 0. The van der Waals surface area contributed by atoms with Crippen molar-refractivity contribution >= 4 is 48.9 Å². The van der Waals surface area contributed by atoms with E-state index in [1.165, 1.54) is 24.5 Å². The van der Waals surface area contributed by atoms with Crippen LogP contribution in [0.4, 0.5) is 0 Å². The van der Waals surface area contributed by atoms with Crippen molar-refractivity contribution in [3.63, 3.8) is 0 Å². The second-order valence-electron chi connectivity index (χ2n) is 4.15. The molecule has 1 N–H and O–H groups in total. The van der Waals surface area contributed by atoms with E-state index in [1.807, 2.05) is 6.07 Å². The Hall–Kier alpha value is -0.440. The Bertz CT molecular complexity index is 718. The maximum atomic E-state index is 12.3. The summed E-state index contributed by atoms with van der Waals surface area (Å²) in [5.41, 5.74) is 0. The molecule has 0 aliphatic rings. The molecule has 21 heavy (non-hydrogen) atoms. The van der Waals surface area contributed by atoms with E-state index in [4.69, 9.17) is 16.3 Å². The van der Waals surface area contributed by atoms with Gasteiger partial charge in [-0.15, -0.1) is 11.3 Å². The van der Waals surface area contributed by atoms with Crippen molar-refractivity contribution in [1.82, 2.24) is 4.72 Å². The first-order chi connectivity index (χ1) is 9.94. The summed E-state index contributed by atoms with van der Waals surface area (Å²) in [5, 5.41) is 0. The molecule has 0 amide bonds. The molecule has 0 unspecified atom stereocenters. The molecule has 2 aromatic rings. The first-order valence-electron chi connectivity index (χ1n) is 5.96. The normalized spacial score (nSPS) is 13.3.